The summed E-state index contributed by atoms with van der Waals surface area (Å²) in [6.07, 6.45) is 3.24. The average molecular weight is 309 g/mol. The minimum absolute atomic E-state index is 0.338. The highest BCUT2D eigenvalue weighted by Gasteiger charge is 2.20. The number of aliphatic hydroxyl groups is 1. The van der Waals surface area contributed by atoms with Crippen molar-refractivity contribution in [1.82, 2.24) is 24.7 Å². The molecule has 2 aromatic heterocycles. The lowest BCUT2D eigenvalue weighted by atomic mass is 10.1. The second kappa shape index (κ2) is 5.89. The summed E-state index contributed by atoms with van der Waals surface area (Å²) in [5.41, 5.74) is 1.71. The molecule has 0 saturated carbocycles. The van der Waals surface area contributed by atoms with Crippen LogP contribution in [0.3, 0.4) is 0 Å². The Balaban J connectivity index is 2.13. The van der Waals surface area contributed by atoms with Crippen LogP contribution in [0.5, 0.6) is 0 Å². The van der Waals surface area contributed by atoms with Gasteiger partial charge in [-0.05, 0) is 20.8 Å². The molecule has 1 N–H and O–H groups in total. The van der Waals surface area contributed by atoms with E-state index in [1.807, 2.05) is 37.3 Å². The number of aryl methyl sites for hydroxylation is 1. The van der Waals surface area contributed by atoms with Crippen LogP contribution in [0.25, 0.3) is 22.6 Å². The van der Waals surface area contributed by atoms with Crippen LogP contribution < -0.4 is 0 Å². The molecule has 6 nitrogen and oxygen atoms in total. The summed E-state index contributed by atoms with van der Waals surface area (Å²) in [5, 5.41) is 14.3. The zero-order valence-corrected chi connectivity index (χ0v) is 13.4. The fourth-order valence-electron chi connectivity index (χ4n) is 2.40. The lowest BCUT2D eigenvalue weighted by molar-refractivity contribution is 0.0582. The molecule has 0 fully saturated rings. The van der Waals surface area contributed by atoms with Crippen LogP contribution in [-0.4, -0.2) is 35.4 Å². The van der Waals surface area contributed by atoms with Gasteiger partial charge in [0.2, 0.25) is 0 Å². The Morgan fingerprint density at radius 1 is 1.13 bits per heavy atom. The summed E-state index contributed by atoms with van der Waals surface area (Å²) < 4.78 is 1.68. The van der Waals surface area contributed by atoms with Gasteiger partial charge >= 0.3 is 0 Å². The van der Waals surface area contributed by atoms with E-state index in [4.69, 9.17) is 0 Å². The van der Waals surface area contributed by atoms with Crippen molar-refractivity contribution >= 4 is 0 Å². The number of hydrogen-bond acceptors (Lipinski definition) is 5. The fraction of sp³-hybridized carbons (Fsp3) is 0.294. The summed E-state index contributed by atoms with van der Waals surface area (Å²) >= 11 is 0. The van der Waals surface area contributed by atoms with Gasteiger partial charge < -0.3 is 5.11 Å². The quantitative estimate of drug-likeness (QED) is 0.801. The molecule has 23 heavy (non-hydrogen) atoms. The SMILES string of the molecule is Cc1ncc(-c2ncnn2CC(C)(C)O)c(-c2ccccc2)n1. The highest BCUT2D eigenvalue weighted by molar-refractivity contribution is 5.76. The van der Waals surface area contributed by atoms with Crippen LogP contribution in [-0.2, 0) is 6.54 Å². The number of rotatable bonds is 4. The van der Waals surface area contributed by atoms with Crippen molar-refractivity contribution in [3.05, 3.63) is 48.7 Å². The van der Waals surface area contributed by atoms with Crippen LogP contribution >= 0.6 is 0 Å². The largest absolute Gasteiger partial charge is 0.389 e. The van der Waals surface area contributed by atoms with Gasteiger partial charge in [0, 0.05) is 11.8 Å². The van der Waals surface area contributed by atoms with Crippen LogP contribution in [0, 0.1) is 6.92 Å². The van der Waals surface area contributed by atoms with Crippen LogP contribution in [0.2, 0.25) is 0 Å². The highest BCUT2D eigenvalue weighted by atomic mass is 16.3. The van der Waals surface area contributed by atoms with Gasteiger partial charge in [0.15, 0.2) is 5.82 Å². The summed E-state index contributed by atoms with van der Waals surface area (Å²) in [4.78, 5) is 13.2. The molecule has 3 rings (SSSR count). The van der Waals surface area contributed by atoms with Gasteiger partial charge in [0.25, 0.3) is 0 Å². The molecule has 0 aliphatic rings. The minimum atomic E-state index is -0.888. The lowest BCUT2D eigenvalue weighted by Crippen LogP contribution is -2.27. The zero-order valence-electron chi connectivity index (χ0n) is 13.4. The minimum Gasteiger partial charge on any atom is -0.389 e. The Labute approximate surface area is 134 Å². The van der Waals surface area contributed by atoms with Gasteiger partial charge in [0.05, 0.1) is 23.4 Å². The molecule has 1 aromatic carbocycles. The third kappa shape index (κ3) is 3.43. The maximum absolute atomic E-state index is 10.1. The Kier molecular flexibility index (Phi) is 3.92. The summed E-state index contributed by atoms with van der Waals surface area (Å²) in [6, 6.07) is 9.91. The summed E-state index contributed by atoms with van der Waals surface area (Å²) in [7, 11) is 0. The molecule has 0 atom stereocenters. The van der Waals surface area contributed by atoms with E-state index >= 15 is 0 Å². The van der Waals surface area contributed by atoms with E-state index in [1.165, 1.54) is 6.33 Å². The molecular formula is C17H19N5O. The van der Waals surface area contributed by atoms with Gasteiger partial charge in [-0.2, -0.15) is 5.10 Å². The third-order valence-electron chi connectivity index (χ3n) is 3.35. The van der Waals surface area contributed by atoms with E-state index in [0.717, 1.165) is 16.8 Å². The van der Waals surface area contributed by atoms with E-state index < -0.39 is 5.60 Å². The maximum Gasteiger partial charge on any atom is 0.161 e. The second-order valence-electron chi connectivity index (χ2n) is 6.10. The first kappa shape index (κ1) is 15.3. The molecule has 0 saturated heterocycles. The first-order valence-corrected chi connectivity index (χ1v) is 7.44. The van der Waals surface area contributed by atoms with Crippen molar-refractivity contribution in [2.24, 2.45) is 0 Å². The predicted octanol–water partition coefficient (Wildman–Crippen LogP) is 2.48. The van der Waals surface area contributed by atoms with Gasteiger partial charge in [-0.25, -0.2) is 19.6 Å². The van der Waals surface area contributed by atoms with Crippen molar-refractivity contribution in [3.63, 3.8) is 0 Å². The van der Waals surface area contributed by atoms with Crippen molar-refractivity contribution in [2.45, 2.75) is 32.9 Å². The third-order valence-corrected chi connectivity index (χ3v) is 3.35. The molecule has 0 radical (unpaired) electrons. The van der Waals surface area contributed by atoms with Gasteiger partial charge in [-0.15, -0.1) is 0 Å². The highest BCUT2D eigenvalue weighted by Crippen LogP contribution is 2.29. The van der Waals surface area contributed by atoms with E-state index in [9.17, 15) is 5.11 Å². The Morgan fingerprint density at radius 2 is 1.87 bits per heavy atom. The van der Waals surface area contributed by atoms with E-state index in [2.05, 4.69) is 20.1 Å². The topological polar surface area (TPSA) is 76.7 Å². The molecule has 0 amide bonds. The van der Waals surface area contributed by atoms with Crippen LogP contribution in [0.15, 0.2) is 42.9 Å². The Hall–Kier alpha value is -2.60. The molecule has 6 heteroatoms. The first-order valence-electron chi connectivity index (χ1n) is 7.44. The van der Waals surface area contributed by atoms with E-state index in [0.29, 0.717) is 18.2 Å². The normalized spacial score (nSPS) is 11.7. The zero-order chi connectivity index (χ0) is 16.4. The number of benzene rings is 1. The monoisotopic (exact) mass is 309 g/mol. The Bertz CT molecular complexity index is 805. The van der Waals surface area contributed by atoms with E-state index in [1.54, 1.807) is 24.7 Å². The molecule has 0 spiro atoms. The smallest absolute Gasteiger partial charge is 0.161 e. The number of aromatic nitrogens is 5. The standard InChI is InChI=1S/C17H19N5O/c1-12-18-9-14(15(21-12)13-7-5-4-6-8-13)16-19-11-20-22(16)10-17(2,3)23/h4-9,11,23H,10H2,1-3H3. The fourth-order valence-corrected chi connectivity index (χ4v) is 2.40. The van der Waals surface area contributed by atoms with Crippen LogP contribution in [0.4, 0.5) is 0 Å². The maximum atomic E-state index is 10.1. The van der Waals surface area contributed by atoms with Crippen molar-refractivity contribution in [3.8, 4) is 22.6 Å². The molecule has 0 bridgehead atoms. The van der Waals surface area contributed by atoms with Crippen molar-refractivity contribution in [1.29, 1.82) is 0 Å². The van der Waals surface area contributed by atoms with Crippen LogP contribution in [0.1, 0.15) is 19.7 Å². The van der Waals surface area contributed by atoms with Crippen molar-refractivity contribution < 1.29 is 5.11 Å². The Morgan fingerprint density at radius 3 is 2.57 bits per heavy atom. The summed E-state index contributed by atoms with van der Waals surface area (Å²) in [5.74, 6) is 1.34. The average Bonchev–Trinajstić information content (AvgIpc) is 2.94. The molecule has 3 aromatic rings. The van der Waals surface area contributed by atoms with Gasteiger partial charge in [0.1, 0.15) is 12.2 Å². The predicted molar refractivity (Wildman–Crippen MR) is 87.5 cm³/mol. The van der Waals surface area contributed by atoms with E-state index in [-0.39, 0.29) is 0 Å². The lowest BCUT2D eigenvalue weighted by Gasteiger charge is -2.18. The van der Waals surface area contributed by atoms with Crippen molar-refractivity contribution in [2.75, 3.05) is 0 Å². The molecule has 118 valence electrons. The number of nitrogens with zero attached hydrogens (tertiary/aromatic N) is 5. The molecule has 0 unspecified atom stereocenters. The first-order chi connectivity index (χ1) is 10.9. The van der Waals surface area contributed by atoms with Gasteiger partial charge in [-0.3, -0.25) is 0 Å². The molecular weight excluding hydrogens is 290 g/mol. The summed E-state index contributed by atoms with van der Waals surface area (Å²) in [6.45, 7) is 5.67. The number of hydrogen-bond donors (Lipinski definition) is 1. The van der Waals surface area contributed by atoms with Gasteiger partial charge in [-0.1, -0.05) is 30.3 Å². The molecule has 0 aliphatic carbocycles. The second-order valence-corrected chi connectivity index (χ2v) is 6.10. The molecule has 0 aliphatic heterocycles. The molecule has 2 heterocycles.